The van der Waals surface area contributed by atoms with Crippen LogP contribution in [0.25, 0.3) is 11.3 Å². The molecule has 0 atom stereocenters. The maximum absolute atomic E-state index is 13.0. The van der Waals surface area contributed by atoms with E-state index in [4.69, 9.17) is 0 Å². The Morgan fingerprint density at radius 3 is 2.24 bits per heavy atom. The van der Waals surface area contributed by atoms with Crippen LogP contribution in [0.4, 0.5) is 4.39 Å². The lowest BCUT2D eigenvalue weighted by molar-refractivity contribution is 0.0693. The van der Waals surface area contributed by atoms with Gasteiger partial charge in [0.1, 0.15) is 5.82 Å². The van der Waals surface area contributed by atoms with E-state index in [0.717, 1.165) is 11.1 Å². The predicted molar refractivity (Wildman–Crippen MR) is 80.0 cm³/mol. The Morgan fingerprint density at radius 2 is 1.76 bits per heavy atom. The van der Waals surface area contributed by atoms with Crippen LogP contribution in [0, 0.1) is 12.7 Å². The minimum absolute atomic E-state index is 0.214. The van der Waals surface area contributed by atoms with Gasteiger partial charge in [0.15, 0.2) is 0 Å². The lowest BCUT2D eigenvalue weighted by atomic mass is 9.87. The van der Waals surface area contributed by atoms with Crippen LogP contribution in [0.15, 0.2) is 30.3 Å². The lowest BCUT2D eigenvalue weighted by Crippen LogP contribution is -2.20. The summed E-state index contributed by atoms with van der Waals surface area (Å²) in [4.78, 5) is 16.0. The number of benzene rings is 1. The zero-order valence-electron chi connectivity index (χ0n) is 12.6. The van der Waals surface area contributed by atoms with Gasteiger partial charge in [-0.2, -0.15) is 0 Å². The van der Waals surface area contributed by atoms with Crippen LogP contribution < -0.4 is 0 Å². The maximum Gasteiger partial charge on any atom is 0.337 e. The third-order valence-electron chi connectivity index (χ3n) is 3.27. The zero-order valence-corrected chi connectivity index (χ0v) is 12.6. The summed E-state index contributed by atoms with van der Waals surface area (Å²) >= 11 is 0. The van der Waals surface area contributed by atoms with Crippen LogP contribution in [0.1, 0.15) is 42.4 Å². The van der Waals surface area contributed by atoms with E-state index in [1.165, 1.54) is 12.1 Å². The van der Waals surface area contributed by atoms with Gasteiger partial charge in [0.2, 0.25) is 0 Å². The summed E-state index contributed by atoms with van der Waals surface area (Å²) < 4.78 is 13.0. The molecule has 1 heterocycles. The number of nitrogens with zero attached hydrogens (tertiary/aromatic N) is 1. The van der Waals surface area contributed by atoms with E-state index < -0.39 is 11.4 Å². The molecule has 0 fully saturated rings. The molecule has 0 aliphatic carbocycles. The van der Waals surface area contributed by atoms with E-state index in [9.17, 15) is 14.3 Å². The first kappa shape index (κ1) is 15.2. The Hall–Kier alpha value is -2.23. The van der Waals surface area contributed by atoms with Crippen LogP contribution in [-0.2, 0) is 5.41 Å². The fraction of sp³-hybridized carbons (Fsp3) is 0.294. The largest absolute Gasteiger partial charge is 0.478 e. The average molecular weight is 287 g/mol. The topological polar surface area (TPSA) is 50.2 Å². The molecule has 0 unspecified atom stereocenters. The Balaban J connectivity index is 2.69. The minimum Gasteiger partial charge on any atom is -0.478 e. The molecule has 0 saturated heterocycles. The van der Waals surface area contributed by atoms with Gasteiger partial charge in [-0.1, -0.05) is 20.8 Å². The van der Waals surface area contributed by atoms with Crippen molar-refractivity contribution >= 4 is 5.97 Å². The molecule has 110 valence electrons. The molecule has 0 radical (unpaired) electrons. The number of carboxylic acids is 1. The van der Waals surface area contributed by atoms with E-state index >= 15 is 0 Å². The summed E-state index contributed by atoms with van der Waals surface area (Å²) in [7, 11) is 0. The highest BCUT2D eigenvalue weighted by Gasteiger charge is 2.25. The summed E-state index contributed by atoms with van der Waals surface area (Å²) in [6, 6.07) is 7.68. The first-order chi connectivity index (χ1) is 9.70. The van der Waals surface area contributed by atoms with E-state index in [1.54, 1.807) is 18.2 Å². The van der Waals surface area contributed by atoms with E-state index in [2.05, 4.69) is 4.98 Å². The second-order valence-corrected chi connectivity index (χ2v) is 6.11. The highest BCUT2D eigenvalue weighted by Crippen LogP contribution is 2.30. The van der Waals surface area contributed by atoms with Gasteiger partial charge in [-0.3, -0.25) is 4.98 Å². The zero-order chi connectivity index (χ0) is 15.8. The van der Waals surface area contributed by atoms with Crippen LogP contribution in [0.3, 0.4) is 0 Å². The van der Waals surface area contributed by atoms with Crippen LogP contribution in [0.2, 0.25) is 0 Å². The van der Waals surface area contributed by atoms with Crippen LogP contribution >= 0.6 is 0 Å². The molecule has 0 amide bonds. The van der Waals surface area contributed by atoms with Gasteiger partial charge < -0.3 is 5.11 Å². The quantitative estimate of drug-likeness (QED) is 0.901. The summed E-state index contributed by atoms with van der Waals surface area (Å²) in [6.07, 6.45) is 0. The summed E-state index contributed by atoms with van der Waals surface area (Å²) in [5.41, 5.74) is 2.56. The number of aromatic carboxylic acids is 1. The third kappa shape index (κ3) is 3.10. The van der Waals surface area contributed by atoms with Crippen molar-refractivity contribution in [2.75, 3.05) is 0 Å². The lowest BCUT2D eigenvalue weighted by Gasteiger charge is -2.22. The highest BCUT2D eigenvalue weighted by atomic mass is 19.1. The van der Waals surface area contributed by atoms with E-state index in [-0.39, 0.29) is 11.4 Å². The molecule has 2 rings (SSSR count). The highest BCUT2D eigenvalue weighted by molar-refractivity contribution is 5.90. The fourth-order valence-corrected chi connectivity index (χ4v) is 2.25. The number of halogens is 1. The molecule has 0 aliphatic rings. The number of hydrogen-bond donors (Lipinski definition) is 1. The van der Waals surface area contributed by atoms with E-state index in [0.29, 0.717) is 11.4 Å². The summed E-state index contributed by atoms with van der Waals surface area (Å²) in [5.74, 6) is -1.30. The van der Waals surface area contributed by atoms with Crippen LogP contribution in [-0.4, -0.2) is 16.1 Å². The smallest absolute Gasteiger partial charge is 0.337 e. The molecule has 0 aliphatic heterocycles. The van der Waals surface area contributed by atoms with E-state index in [1.807, 2.05) is 27.7 Å². The minimum atomic E-state index is -0.985. The summed E-state index contributed by atoms with van der Waals surface area (Å²) in [5, 5.41) is 9.36. The van der Waals surface area contributed by atoms with Gasteiger partial charge in [-0.25, -0.2) is 9.18 Å². The van der Waals surface area contributed by atoms with Crippen molar-refractivity contribution in [3.8, 4) is 11.3 Å². The van der Waals surface area contributed by atoms with Gasteiger partial charge in [0, 0.05) is 11.0 Å². The average Bonchev–Trinajstić information content (AvgIpc) is 2.38. The van der Waals surface area contributed by atoms with Crippen molar-refractivity contribution in [2.24, 2.45) is 0 Å². The molecular weight excluding hydrogens is 269 g/mol. The van der Waals surface area contributed by atoms with Gasteiger partial charge in [0.05, 0.1) is 17.0 Å². The Labute approximate surface area is 123 Å². The molecule has 21 heavy (non-hydrogen) atoms. The van der Waals surface area contributed by atoms with Gasteiger partial charge in [-0.15, -0.1) is 0 Å². The molecule has 0 spiro atoms. The monoisotopic (exact) mass is 287 g/mol. The second-order valence-electron chi connectivity index (χ2n) is 6.11. The standard InChI is InChI=1S/C17H18FNO2/c1-10-9-13(16(20)21)15(17(2,3)4)19-14(10)11-5-7-12(18)8-6-11/h5-9H,1-4H3,(H,20,21). The van der Waals surface area contributed by atoms with Crippen molar-refractivity contribution in [3.63, 3.8) is 0 Å². The number of pyridine rings is 1. The van der Waals surface area contributed by atoms with Gasteiger partial charge >= 0.3 is 5.97 Å². The molecule has 4 heteroatoms. The first-order valence-electron chi connectivity index (χ1n) is 6.71. The molecule has 1 aromatic carbocycles. The van der Waals surface area contributed by atoms with Crippen molar-refractivity contribution in [1.82, 2.24) is 4.98 Å². The van der Waals surface area contributed by atoms with Gasteiger partial charge in [0.25, 0.3) is 0 Å². The van der Waals surface area contributed by atoms with Crippen molar-refractivity contribution in [3.05, 3.63) is 53.0 Å². The molecule has 1 aromatic heterocycles. The summed E-state index contributed by atoms with van der Waals surface area (Å²) in [6.45, 7) is 7.58. The Kier molecular flexibility index (Phi) is 3.81. The number of hydrogen-bond acceptors (Lipinski definition) is 2. The molecule has 1 N–H and O–H groups in total. The molecule has 2 aromatic rings. The normalized spacial score (nSPS) is 11.5. The number of carbonyl (C=O) groups is 1. The molecular formula is C17H18FNO2. The first-order valence-corrected chi connectivity index (χ1v) is 6.71. The maximum atomic E-state index is 13.0. The van der Waals surface area contributed by atoms with Gasteiger partial charge in [-0.05, 0) is 42.8 Å². The predicted octanol–water partition coefficient (Wildman–Crippen LogP) is 4.19. The van der Waals surface area contributed by atoms with Crippen molar-refractivity contribution in [2.45, 2.75) is 33.1 Å². The third-order valence-corrected chi connectivity index (χ3v) is 3.27. The second kappa shape index (κ2) is 5.28. The Bertz CT molecular complexity index is 685. The number of aryl methyl sites for hydroxylation is 1. The SMILES string of the molecule is Cc1cc(C(=O)O)c(C(C)(C)C)nc1-c1ccc(F)cc1. The van der Waals surface area contributed by atoms with Crippen molar-refractivity contribution in [1.29, 1.82) is 0 Å². The Morgan fingerprint density at radius 1 is 1.19 bits per heavy atom. The number of carboxylic acid groups (broad SMARTS) is 1. The fourth-order valence-electron chi connectivity index (χ4n) is 2.25. The molecule has 0 bridgehead atoms. The van der Waals surface area contributed by atoms with Crippen molar-refractivity contribution < 1.29 is 14.3 Å². The number of aromatic nitrogens is 1. The molecule has 3 nitrogen and oxygen atoms in total. The number of rotatable bonds is 2. The molecule has 0 saturated carbocycles. The van der Waals surface area contributed by atoms with Crippen LogP contribution in [0.5, 0.6) is 0 Å².